The van der Waals surface area contributed by atoms with Gasteiger partial charge in [-0.3, -0.25) is 9.59 Å². The van der Waals surface area contributed by atoms with Gasteiger partial charge in [-0.05, 0) is 48.9 Å². The maximum Gasteiger partial charge on any atom is 0.266 e. The Morgan fingerprint density at radius 3 is 2.29 bits per heavy atom. The lowest BCUT2D eigenvalue weighted by Gasteiger charge is -2.14. The summed E-state index contributed by atoms with van der Waals surface area (Å²) in [7, 11) is 0. The number of imide groups is 1. The summed E-state index contributed by atoms with van der Waals surface area (Å²) in [6.45, 7) is 0.570. The molecule has 1 aliphatic rings. The van der Waals surface area contributed by atoms with Crippen LogP contribution in [0.15, 0.2) is 46.9 Å². The van der Waals surface area contributed by atoms with Gasteiger partial charge in [0.15, 0.2) is 0 Å². The molecule has 106 valence electrons. The van der Waals surface area contributed by atoms with Crippen molar-refractivity contribution in [2.24, 2.45) is 5.73 Å². The molecule has 2 aromatic rings. The summed E-state index contributed by atoms with van der Waals surface area (Å²) in [6.07, 6.45) is 0.773. The predicted octanol–water partition coefficient (Wildman–Crippen LogP) is 2.75. The first-order valence-corrected chi connectivity index (χ1v) is 7.38. The number of halogens is 1. The third-order valence-electron chi connectivity index (χ3n) is 3.48. The first kappa shape index (κ1) is 14.0. The van der Waals surface area contributed by atoms with Gasteiger partial charge in [-0.1, -0.05) is 28.1 Å². The average molecular weight is 345 g/mol. The van der Waals surface area contributed by atoms with Gasteiger partial charge < -0.3 is 5.73 Å². The zero-order valence-corrected chi connectivity index (χ0v) is 12.8. The molecule has 21 heavy (non-hydrogen) atoms. The van der Waals surface area contributed by atoms with Gasteiger partial charge in [-0.2, -0.15) is 0 Å². The molecule has 0 unspecified atom stereocenters. The van der Waals surface area contributed by atoms with Crippen molar-refractivity contribution in [3.63, 3.8) is 0 Å². The minimum atomic E-state index is -0.289. The highest BCUT2D eigenvalue weighted by Gasteiger charge is 2.36. The van der Waals surface area contributed by atoms with Crippen molar-refractivity contribution in [1.82, 2.24) is 0 Å². The largest absolute Gasteiger partial charge is 0.330 e. The van der Waals surface area contributed by atoms with E-state index in [4.69, 9.17) is 5.73 Å². The van der Waals surface area contributed by atoms with Crippen LogP contribution in [-0.2, 0) is 6.42 Å². The van der Waals surface area contributed by atoms with Gasteiger partial charge in [0.2, 0.25) is 0 Å². The molecular formula is C16H13BrN2O2. The molecule has 5 heteroatoms. The number of hydrogen-bond acceptors (Lipinski definition) is 3. The molecule has 0 fully saturated rings. The number of rotatable bonds is 3. The molecule has 2 aromatic carbocycles. The van der Waals surface area contributed by atoms with Crippen molar-refractivity contribution in [3.8, 4) is 0 Å². The van der Waals surface area contributed by atoms with E-state index in [-0.39, 0.29) is 11.8 Å². The lowest BCUT2D eigenvalue weighted by Crippen LogP contribution is -2.29. The van der Waals surface area contributed by atoms with Crippen molar-refractivity contribution < 1.29 is 9.59 Å². The van der Waals surface area contributed by atoms with Crippen LogP contribution in [0.5, 0.6) is 0 Å². The van der Waals surface area contributed by atoms with Crippen LogP contribution in [0.1, 0.15) is 26.3 Å². The fraction of sp³-hybridized carbons (Fsp3) is 0.125. The maximum absolute atomic E-state index is 12.4. The highest BCUT2D eigenvalue weighted by molar-refractivity contribution is 9.10. The third kappa shape index (κ3) is 2.39. The summed E-state index contributed by atoms with van der Waals surface area (Å²) in [5, 5.41) is 0. The molecule has 0 bridgehead atoms. The van der Waals surface area contributed by atoms with Crippen LogP contribution < -0.4 is 10.6 Å². The molecule has 1 aliphatic heterocycles. The van der Waals surface area contributed by atoms with Gasteiger partial charge in [0, 0.05) is 4.47 Å². The Hall–Kier alpha value is -1.98. The number of carbonyl (C=O) groups is 2. The summed E-state index contributed by atoms with van der Waals surface area (Å²) in [5.74, 6) is -0.572. The molecule has 2 N–H and O–H groups in total. The minimum Gasteiger partial charge on any atom is -0.330 e. The van der Waals surface area contributed by atoms with E-state index in [0.29, 0.717) is 23.4 Å². The highest BCUT2D eigenvalue weighted by atomic mass is 79.9. The number of anilines is 1. The normalized spacial score (nSPS) is 13.7. The van der Waals surface area contributed by atoms with Crippen LogP contribution in [0.2, 0.25) is 0 Å². The molecule has 0 aliphatic carbocycles. The standard InChI is InChI=1S/C16H13BrN2O2/c17-11-3-6-13-14(9-11)16(21)19(15(13)20)12-4-1-10(2-5-12)7-8-18/h1-6,9H,7-8,18H2. The number of carbonyl (C=O) groups excluding carboxylic acids is 2. The van der Waals surface area contributed by atoms with Gasteiger partial charge in [-0.25, -0.2) is 4.90 Å². The summed E-state index contributed by atoms with van der Waals surface area (Å²) in [5.41, 5.74) is 8.05. The second-order valence-electron chi connectivity index (χ2n) is 4.84. The van der Waals surface area contributed by atoms with Crippen molar-refractivity contribution >= 4 is 33.4 Å². The Balaban J connectivity index is 1.97. The van der Waals surface area contributed by atoms with Gasteiger partial charge in [0.05, 0.1) is 16.8 Å². The summed E-state index contributed by atoms with van der Waals surface area (Å²) in [6, 6.07) is 12.4. The summed E-state index contributed by atoms with van der Waals surface area (Å²) in [4.78, 5) is 26.0. The molecule has 0 saturated heterocycles. The lowest BCUT2D eigenvalue weighted by molar-refractivity contribution is 0.0926. The Labute approximate surface area is 130 Å². The number of amides is 2. The highest BCUT2D eigenvalue weighted by Crippen LogP contribution is 2.30. The van der Waals surface area contributed by atoms with E-state index in [1.54, 1.807) is 30.3 Å². The van der Waals surface area contributed by atoms with E-state index in [0.717, 1.165) is 16.5 Å². The molecule has 2 amide bonds. The number of nitrogens with two attached hydrogens (primary N) is 1. The molecule has 0 saturated carbocycles. The van der Waals surface area contributed by atoms with Crippen molar-refractivity contribution in [1.29, 1.82) is 0 Å². The molecular weight excluding hydrogens is 332 g/mol. The predicted molar refractivity (Wildman–Crippen MR) is 84.5 cm³/mol. The molecule has 0 atom stereocenters. The van der Waals surface area contributed by atoms with E-state index < -0.39 is 0 Å². The molecule has 0 radical (unpaired) electrons. The van der Waals surface area contributed by atoms with E-state index in [1.807, 2.05) is 12.1 Å². The number of nitrogens with zero attached hydrogens (tertiary/aromatic N) is 1. The monoisotopic (exact) mass is 344 g/mol. The molecule has 0 spiro atoms. The average Bonchev–Trinajstić information content (AvgIpc) is 2.72. The lowest BCUT2D eigenvalue weighted by atomic mass is 10.1. The molecule has 3 rings (SSSR count). The van der Waals surface area contributed by atoms with E-state index in [2.05, 4.69) is 15.9 Å². The number of hydrogen-bond donors (Lipinski definition) is 1. The smallest absolute Gasteiger partial charge is 0.266 e. The Morgan fingerprint density at radius 1 is 0.952 bits per heavy atom. The Morgan fingerprint density at radius 2 is 1.62 bits per heavy atom. The second kappa shape index (κ2) is 5.42. The topological polar surface area (TPSA) is 63.4 Å². The summed E-state index contributed by atoms with van der Waals surface area (Å²) < 4.78 is 0.780. The molecule has 4 nitrogen and oxygen atoms in total. The minimum absolute atomic E-state index is 0.283. The van der Waals surface area contributed by atoms with E-state index in [9.17, 15) is 9.59 Å². The van der Waals surface area contributed by atoms with Crippen LogP contribution >= 0.6 is 15.9 Å². The maximum atomic E-state index is 12.4. The third-order valence-corrected chi connectivity index (χ3v) is 3.97. The SMILES string of the molecule is NCCc1ccc(N2C(=O)c3ccc(Br)cc3C2=O)cc1. The zero-order valence-electron chi connectivity index (χ0n) is 11.2. The quantitative estimate of drug-likeness (QED) is 0.870. The number of fused-ring (bicyclic) bond motifs is 1. The van der Waals surface area contributed by atoms with E-state index >= 15 is 0 Å². The van der Waals surface area contributed by atoms with Crippen molar-refractivity contribution in [2.75, 3.05) is 11.4 Å². The van der Waals surface area contributed by atoms with Crippen LogP contribution in [0.4, 0.5) is 5.69 Å². The summed E-state index contributed by atoms with van der Waals surface area (Å²) >= 11 is 3.32. The fourth-order valence-corrected chi connectivity index (χ4v) is 2.79. The van der Waals surface area contributed by atoms with Crippen molar-refractivity contribution in [3.05, 3.63) is 63.6 Å². The zero-order chi connectivity index (χ0) is 15.0. The first-order valence-electron chi connectivity index (χ1n) is 6.59. The first-order chi connectivity index (χ1) is 10.1. The van der Waals surface area contributed by atoms with Gasteiger partial charge in [0.1, 0.15) is 0 Å². The van der Waals surface area contributed by atoms with Crippen molar-refractivity contribution in [2.45, 2.75) is 6.42 Å². The van der Waals surface area contributed by atoms with Crippen LogP contribution in [0.25, 0.3) is 0 Å². The van der Waals surface area contributed by atoms with Crippen LogP contribution in [-0.4, -0.2) is 18.4 Å². The van der Waals surface area contributed by atoms with E-state index in [1.165, 1.54) is 4.90 Å². The fourth-order valence-electron chi connectivity index (χ4n) is 2.43. The van der Waals surface area contributed by atoms with Crippen LogP contribution in [0, 0.1) is 0 Å². The molecule has 1 heterocycles. The Bertz CT molecular complexity index is 726. The molecule has 0 aromatic heterocycles. The van der Waals surface area contributed by atoms with Gasteiger partial charge >= 0.3 is 0 Å². The number of benzene rings is 2. The Kier molecular flexibility index (Phi) is 3.61. The van der Waals surface area contributed by atoms with Gasteiger partial charge in [-0.15, -0.1) is 0 Å². The van der Waals surface area contributed by atoms with Crippen LogP contribution in [0.3, 0.4) is 0 Å². The second-order valence-corrected chi connectivity index (χ2v) is 5.76. The van der Waals surface area contributed by atoms with Gasteiger partial charge in [0.25, 0.3) is 11.8 Å².